The zero-order chi connectivity index (χ0) is 33.4. The highest BCUT2D eigenvalue weighted by Gasteiger charge is 2.15. The van der Waals surface area contributed by atoms with Crippen molar-refractivity contribution in [1.82, 2.24) is 4.57 Å². The molecule has 0 aliphatic heterocycles. The zero-order valence-electron chi connectivity index (χ0n) is 28.0. The van der Waals surface area contributed by atoms with E-state index in [1.54, 1.807) is 0 Å². The van der Waals surface area contributed by atoms with E-state index in [2.05, 4.69) is 204 Å². The van der Waals surface area contributed by atoms with Gasteiger partial charge in [-0.05, 0) is 106 Å². The summed E-state index contributed by atoms with van der Waals surface area (Å²) >= 11 is 0. The molecule has 0 amide bonds. The summed E-state index contributed by atoms with van der Waals surface area (Å²) in [6, 6.07) is 68.2. The van der Waals surface area contributed by atoms with Crippen LogP contribution in [0.3, 0.4) is 0 Å². The Morgan fingerprint density at radius 3 is 1.50 bits per heavy atom. The van der Waals surface area contributed by atoms with Crippen LogP contribution in [0, 0.1) is 0 Å². The van der Waals surface area contributed by atoms with Gasteiger partial charge in [-0.1, -0.05) is 133 Å². The second-order valence-corrected chi connectivity index (χ2v) is 12.8. The van der Waals surface area contributed by atoms with Gasteiger partial charge >= 0.3 is 0 Å². The summed E-state index contributed by atoms with van der Waals surface area (Å²) in [5, 5.41) is 5.13. The smallest absolute Gasteiger partial charge is 0.0491 e. The number of hydrogen-bond acceptors (Lipinski definition) is 1. The van der Waals surface area contributed by atoms with Crippen LogP contribution in [0.2, 0.25) is 0 Å². The number of para-hydroxylation sites is 2. The van der Waals surface area contributed by atoms with Crippen LogP contribution in [0.15, 0.2) is 188 Å². The van der Waals surface area contributed by atoms with E-state index in [1.165, 1.54) is 66.0 Å². The minimum atomic E-state index is 0.948. The fourth-order valence-corrected chi connectivity index (χ4v) is 7.62. The van der Waals surface area contributed by atoms with E-state index in [-0.39, 0.29) is 0 Å². The largest absolute Gasteiger partial charge is 0.341 e. The predicted octanol–water partition coefficient (Wildman–Crippen LogP) is 13.4. The first-order chi connectivity index (χ1) is 24.8. The van der Waals surface area contributed by atoms with E-state index in [0.717, 1.165) is 23.6 Å². The summed E-state index contributed by atoms with van der Waals surface area (Å²) in [5.41, 5.74) is 13.3. The van der Waals surface area contributed by atoms with Crippen LogP contribution in [0.1, 0.15) is 6.92 Å². The highest BCUT2D eigenvalue weighted by atomic mass is 15.1. The van der Waals surface area contributed by atoms with Crippen molar-refractivity contribution in [3.05, 3.63) is 188 Å². The second kappa shape index (κ2) is 12.6. The molecule has 2 nitrogen and oxygen atoms in total. The monoisotopic (exact) mass is 640 g/mol. The molecule has 8 aromatic carbocycles. The molecule has 0 saturated carbocycles. The van der Waals surface area contributed by atoms with Gasteiger partial charge in [0.15, 0.2) is 0 Å². The molecule has 1 aromatic heterocycles. The van der Waals surface area contributed by atoms with Gasteiger partial charge in [0.25, 0.3) is 0 Å². The Labute approximate surface area is 293 Å². The summed E-state index contributed by atoms with van der Waals surface area (Å²) in [4.78, 5) is 2.32. The van der Waals surface area contributed by atoms with Gasteiger partial charge in [0, 0.05) is 45.4 Å². The van der Waals surface area contributed by atoms with Crippen molar-refractivity contribution in [3.63, 3.8) is 0 Å². The molecule has 0 fully saturated rings. The lowest BCUT2D eigenvalue weighted by Crippen LogP contribution is -2.09. The van der Waals surface area contributed by atoms with Crippen molar-refractivity contribution in [3.8, 4) is 33.4 Å². The number of nitrogens with zero attached hydrogens (tertiary/aromatic N) is 2. The number of rotatable bonds is 7. The van der Waals surface area contributed by atoms with Gasteiger partial charge in [-0.2, -0.15) is 0 Å². The predicted molar refractivity (Wildman–Crippen MR) is 214 cm³/mol. The van der Waals surface area contributed by atoms with Gasteiger partial charge in [0.1, 0.15) is 0 Å². The van der Waals surface area contributed by atoms with Gasteiger partial charge < -0.3 is 9.47 Å². The first-order valence-electron chi connectivity index (χ1n) is 17.4. The summed E-state index contributed by atoms with van der Waals surface area (Å²) in [7, 11) is 0. The molecule has 2 heteroatoms. The van der Waals surface area contributed by atoms with Gasteiger partial charge in [0.05, 0.1) is 0 Å². The molecule has 9 rings (SSSR count). The maximum absolute atomic E-state index is 2.41. The van der Waals surface area contributed by atoms with Crippen LogP contribution in [-0.4, -0.2) is 4.57 Å². The van der Waals surface area contributed by atoms with E-state index in [1.807, 2.05) is 0 Å². The Morgan fingerprint density at radius 2 is 0.840 bits per heavy atom. The topological polar surface area (TPSA) is 8.17 Å². The summed E-state index contributed by atoms with van der Waals surface area (Å²) in [5.74, 6) is 0. The third-order valence-corrected chi connectivity index (χ3v) is 10.0. The molecule has 50 heavy (non-hydrogen) atoms. The Hall–Kier alpha value is -6.38. The highest BCUT2D eigenvalue weighted by molar-refractivity contribution is 6.11. The lowest BCUT2D eigenvalue weighted by molar-refractivity contribution is 0.827. The molecular weight excluding hydrogens is 605 g/mol. The molecule has 238 valence electrons. The summed E-state index contributed by atoms with van der Waals surface area (Å²) < 4.78 is 2.41. The van der Waals surface area contributed by atoms with E-state index in [0.29, 0.717) is 0 Å². The van der Waals surface area contributed by atoms with Crippen LogP contribution in [0.5, 0.6) is 0 Å². The molecule has 9 aromatic rings. The lowest BCUT2D eigenvalue weighted by Gasteiger charge is -2.26. The van der Waals surface area contributed by atoms with Crippen molar-refractivity contribution in [2.45, 2.75) is 13.5 Å². The van der Waals surface area contributed by atoms with Gasteiger partial charge in [0.2, 0.25) is 0 Å². The second-order valence-electron chi connectivity index (χ2n) is 12.8. The SMILES string of the molecule is CCn1c2ccccc2c2cc(-c3cccc4c(-c5ccc(N(c6ccccc6)c6ccc(-c7ccccc7)cc6)cc5)cccc34)ccc21. The van der Waals surface area contributed by atoms with Crippen molar-refractivity contribution in [2.24, 2.45) is 0 Å². The molecule has 0 aliphatic carbocycles. The van der Waals surface area contributed by atoms with Crippen LogP contribution in [0.25, 0.3) is 66.0 Å². The average molecular weight is 641 g/mol. The highest BCUT2D eigenvalue weighted by Crippen LogP contribution is 2.40. The van der Waals surface area contributed by atoms with Crippen LogP contribution in [0.4, 0.5) is 17.1 Å². The third-order valence-electron chi connectivity index (χ3n) is 10.0. The Kier molecular flexibility index (Phi) is 7.48. The minimum Gasteiger partial charge on any atom is -0.341 e. The molecule has 0 radical (unpaired) electrons. The molecule has 1 heterocycles. The number of aryl methyl sites for hydroxylation is 1. The number of fused-ring (bicyclic) bond motifs is 4. The van der Waals surface area contributed by atoms with Crippen LogP contribution in [-0.2, 0) is 6.54 Å². The van der Waals surface area contributed by atoms with Crippen molar-refractivity contribution in [1.29, 1.82) is 0 Å². The standard InChI is InChI=1S/C48H36N2/c1-2-49-47-22-10-9-17-45(47)46-33-37(27-32-48(46)49)42-19-12-20-43-41(18-11-21-44(42)43)36-25-30-40(31-26-36)50(38-15-7-4-8-16-38)39-28-23-35(24-29-39)34-13-5-3-6-14-34/h3-33H,2H2,1H3. The lowest BCUT2D eigenvalue weighted by atomic mass is 9.92. The molecule has 0 bridgehead atoms. The van der Waals surface area contributed by atoms with Crippen molar-refractivity contribution >= 4 is 49.6 Å². The first kappa shape index (κ1) is 29.7. The fraction of sp³-hybridized carbons (Fsp3) is 0.0417. The molecule has 0 unspecified atom stereocenters. The van der Waals surface area contributed by atoms with E-state index < -0.39 is 0 Å². The van der Waals surface area contributed by atoms with E-state index in [4.69, 9.17) is 0 Å². The Bertz CT molecular complexity index is 2600. The molecular formula is C48H36N2. The molecule has 0 N–H and O–H groups in total. The number of hydrogen-bond donors (Lipinski definition) is 0. The quantitative estimate of drug-likeness (QED) is 0.168. The van der Waals surface area contributed by atoms with E-state index in [9.17, 15) is 0 Å². The van der Waals surface area contributed by atoms with Crippen molar-refractivity contribution < 1.29 is 0 Å². The third kappa shape index (κ3) is 5.14. The number of anilines is 3. The number of benzene rings is 8. The fourth-order valence-electron chi connectivity index (χ4n) is 7.62. The van der Waals surface area contributed by atoms with E-state index >= 15 is 0 Å². The molecule has 0 spiro atoms. The minimum absolute atomic E-state index is 0.948. The average Bonchev–Trinajstić information content (AvgIpc) is 3.52. The van der Waals surface area contributed by atoms with Crippen LogP contribution < -0.4 is 4.90 Å². The normalized spacial score (nSPS) is 11.4. The molecule has 0 aliphatic rings. The summed E-state index contributed by atoms with van der Waals surface area (Å²) in [6.45, 7) is 3.17. The molecule has 0 saturated heterocycles. The van der Waals surface area contributed by atoms with Gasteiger partial charge in [-0.15, -0.1) is 0 Å². The number of aromatic nitrogens is 1. The maximum atomic E-state index is 2.41. The van der Waals surface area contributed by atoms with Crippen LogP contribution >= 0.6 is 0 Å². The Balaban J connectivity index is 1.10. The van der Waals surface area contributed by atoms with Gasteiger partial charge in [-0.25, -0.2) is 0 Å². The van der Waals surface area contributed by atoms with Gasteiger partial charge in [-0.3, -0.25) is 0 Å². The Morgan fingerprint density at radius 1 is 0.360 bits per heavy atom. The zero-order valence-corrected chi connectivity index (χ0v) is 28.0. The summed E-state index contributed by atoms with van der Waals surface area (Å²) in [6.07, 6.45) is 0. The first-order valence-corrected chi connectivity index (χ1v) is 17.4. The molecule has 0 atom stereocenters. The van der Waals surface area contributed by atoms with Crippen molar-refractivity contribution in [2.75, 3.05) is 4.90 Å². The maximum Gasteiger partial charge on any atom is 0.0491 e.